The van der Waals surface area contributed by atoms with Crippen LogP contribution in [0.1, 0.15) is 62.0 Å². The minimum Gasteiger partial charge on any atom is -0.503 e. The van der Waals surface area contributed by atoms with Crippen LogP contribution in [0.3, 0.4) is 0 Å². The third-order valence-electron chi connectivity index (χ3n) is 9.75. The van der Waals surface area contributed by atoms with Crippen molar-refractivity contribution in [1.29, 1.82) is 0 Å². The van der Waals surface area contributed by atoms with Gasteiger partial charge in [-0.15, -0.1) is 0 Å². The summed E-state index contributed by atoms with van der Waals surface area (Å²) in [5.41, 5.74) is 2.09. The van der Waals surface area contributed by atoms with Crippen molar-refractivity contribution >= 4 is 87.6 Å². The summed E-state index contributed by atoms with van der Waals surface area (Å²) in [4.78, 5) is 80.5. The molecule has 1 saturated heterocycles. The van der Waals surface area contributed by atoms with Crippen molar-refractivity contribution in [1.82, 2.24) is 14.9 Å². The predicted molar refractivity (Wildman–Crippen MR) is 230 cm³/mol. The number of methoxy groups -OCH3 is 2. The highest BCUT2D eigenvalue weighted by Crippen LogP contribution is 2.67. The van der Waals surface area contributed by atoms with Crippen LogP contribution in [0.25, 0.3) is 0 Å². The SMILES string of the molecule is COc1cc2c(c(Cl)c1O)Oc1c(cc(Cl)c(O)c1OC)C21OC(=O)c2c(Cl)c(C(=O)NCC#Cc3cn([C@H]4CC[C@@H](COP(=O)(O)OP(=O)(O)OP(=O)(O)O)O4)c(=O)nc3N)cc(Cl)c21.O. The molecule has 4 heterocycles. The van der Waals surface area contributed by atoms with Gasteiger partial charge in [-0.3, -0.25) is 13.9 Å². The number of phenolic OH excluding ortho intramolecular Hbond substituents is 2. The molecule has 3 aliphatic rings. The molecule has 3 aromatic carbocycles. The Morgan fingerprint density at radius 3 is 2.30 bits per heavy atom. The number of rotatable bonds is 12. The Morgan fingerprint density at radius 2 is 1.64 bits per heavy atom. The van der Waals surface area contributed by atoms with Crippen LogP contribution >= 0.6 is 69.9 Å². The van der Waals surface area contributed by atoms with Crippen LogP contribution < -0.4 is 31.0 Å². The fourth-order valence-corrected chi connectivity index (χ4v) is 11.2. The van der Waals surface area contributed by atoms with Gasteiger partial charge in [0.2, 0.25) is 5.75 Å². The van der Waals surface area contributed by atoms with E-state index in [1.165, 1.54) is 32.5 Å². The normalized spacial score (nSPS) is 19.8. The number of hydrogen-bond donors (Lipinski definition) is 8. The molecular weight excluding hydrogens is 1050 g/mol. The van der Waals surface area contributed by atoms with E-state index in [2.05, 4.69) is 35.3 Å². The minimum absolute atomic E-state index is 0. The molecule has 5 atom stereocenters. The molecule has 360 valence electrons. The molecule has 67 heavy (non-hydrogen) atoms. The van der Waals surface area contributed by atoms with E-state index < -0.39 is 82.1 Å². The van der Waals surface area contributed by atoms with Crippen LogP contribution in [-0.4, -0.2) is 90.2 Å². The fraction of sp³-hybridized carbons (Fsp3) is 0.257. The fourth-order valence-electron chi connectivity index (χ4n) is 7.10. The number of phenols is 2. The van der Waals surface area contributed by atoms with Crippen molar-refractivity contribution in [3.8, 4) is 46.3 Å². The van der Waals surface area contributed by atoms with E-state index in [-0.39, 0.29) is 102 Å². The number of nitrogens with one attached hydrogen (secondary N) is 1. The number of ether oxygens (including phenoxy) is 5. The number of phosphoric ester groups is 1. The number of halogens is 4. The Morgan fingerprint density at radius 1 is 0.955 bits per heavy atom. The molecule has 25 nitrogen and oxygen atoms in total. The van der Waals surface area contributed by atoms with Crippen molar-refractivity contribution < 1.29 is 95.4 Å². The zero-order chi connectivity index (χ0) is 48.4. The number of carbonyl (C=O) groups is 2. The topological polar surface area (TPSA) is 385 Å². The van der Waals surface area contributed by atoms with Gasteiger partial charge >= 0.3 is 35.1 Å². The van der Waals surface area contributed by atoms with E-state index in [0.29, 0.717) is 0 Å². The number of anilines is 1. The average molecular weight is 1080 g/mol. The maximum absolute atomic E-state index is 14.0. The number of nitrogens with zero attached hydrogens (tertiary/aromatic N) is 2. The van der Waals surface area contributed by atoms with Crippen molar-refractivity contribution in [3.05, 3.63) is 88.4 Å². The molecule has 1 aromatic heterocycles. The second-order valence-electron chi connectivity index (χ2n) is 13.8. The first-order valence-electron chi connectivity index (χ1n) is 18.1. The number of aromatic hydroxyl groups is 2. The Kier molecular flexibility index (Phi) is 14.7. The Balaban J connectivity index is 0.00000741. The molecule has 3 unspecified atom stereocenters. The number of amides is 1. The van der Waals surface area contributed by atoms with Crippen LogP contribution in [-0.2, 0) is 41.9 Å². The van der Waals surface area contributed by atoms with Crippen molar-refractivity contribution in [3.63, 3.8) is 0 Å². The highest BCUT2D eigenvalue weighted by atomic mass is 35.5. The monoisotopic (exact) mass is 1080 g/mol. The average Bonchev–Trinajstić information content (AvgIpc) is 3.82. The van der Waals surface area contributed by atoms with Gasteiger partial charge in [-0.05, 0) is 31.0 Å². The molecule has 3 aliphatic heterocycles. The van der Waals surface area contributed by atoms with Crippen LogP contribution in [0, 0.1) is 11.8 Å². The summed E-state index contributed by atoms with van der Waals surface area (Å²) in [6.07, 6.45) is -0.694. The quantitative estimate of drug-likeness (QED) is 0.0553. The third kappa shape index (κ3) is 9.81. The number of fused-ring (bicyclic) bond motifs is 6. The van der Waals surface area contributed by atoms with Gasteiger partial charge in [0, 0.05) is 11.8 Å². The molecule has 4 aromatic rings. The number of hydrogen-bond acceptors (Lipinski definition) is 18. The summed E-state index contributed by atoms with van der Waals surface area (Å²) in [6.45, 7) is -1.14. The van der Waals surface area contributed by atoms with E-state index in [0.717, 1.165) is 10.6 Å². The van der Waals surface area contributed by atoms with Gasteiger partial charge in [-0.1, -0.05) is 58.2 Å². The van der Waals surface area contributed by atoms with Crippen molar-refractivity contribution in [2.75, 3.05) is 33.1 Å². The van der Waals surface area contributed by atoms with Gasteiger partial charge in [0.25, 0.3) is 5.91 Å². The van der Waals surface area contributed by atoms with Gasteiger partial charge in [0.15, 0.2) is 34.3 Å². The summed E-state index contributed by atoms with van der Waals surface area (Å²) < 4.78 is 76.1. The third-order valence-corrected chi connectivity index (χ3v) is 14.9. The molecule has 1 amide bonds. The molecule has 11 N–H and O–H groups in total. The smallest absolute Gasteiger partial charge is 0.490 e. The molecule has 32 heteroatoms. The first-order chi connectivity index (χ1) is 30.8. The number of phosphoric acid groups is 3. The van der Waals surface area contributed by atoms with Gasteiger partial charge in [-0.25, -0.2) is 23.3 Å². The highest BCUT2D eigenvalue weighted by molar-refractivity contribution is 7.66. The summed E-state index contributed by atoms with van der Waals surface area (Å²) in [6, 6.07) is 3.65. The lowest BCUT2D eigenvalue weighted by molar-refractivity contribution is -0.0242. The van der Waals surface area contributed by atoms with Crippen molar-refractivity contribution in [2.24, 2.45) is 0 Å². The molecule has 0 bridgehead atoms. The van der Waals surface area contributed by atoms with E-state index in [1.54, 1.807) is 0 Å². The van der Waals surface area contributed by atoms with Crippen LogP contribution in [0.15, 0.2) is 29.2 Å². The molecule has 1 fully saturated rings. The lowest BCUT2D eigenvalue weighted by Crippen LogP contribution is -2.34. The first kappa shape index (κ1) is 51.7. The Bertz CT molecular complexity index is 3030. The van der Waals surface area contributed by atoms with Crippen molar-refractivity contribution in [2.45, 2.75) is 30.8 Å². The molecule has 1 spiro atoms. The first-order valence-corrected chi connectivity index (χ1v) is 24.1. The lowest BCUT2D eigenvalue weighted by Gasteiger charge is -2.38. The van der Waals surface area contributed by atoms with E-state index in [9.17, 15) is 48.1 Å². The van der Waals surface area contributed by atoms with Gasteiger partial charge in [0.05, 0.1) is 76.4 Å². The number of aromatic nitrogens is 2. The Labute approximate surface area is 394 Å². The molecular formula is C35H31Cl4N4O21P3. The zero-order valence-corrected chi connectivity index (χ0v) is 39.2. The second kappa shape index (κ2) is 19.0. The van der Waals surface area contributed by atoms with E-state index in [4.69, 9.17) is 85.6 Å². The second-order valence-corrected chi connectivity index (χ2v) is 19.8. The minimum atomic E-state index is -5.75. The number of esters is 1. The molecule has 0 radical (unpaired) electrons. The number of benzene rings is 3. The molecule has 0 saturated carbocycles. The standard InChI is InChI=1S/C35H29Cl4N4O20P3.H2O/c1-56-20-10-17-28(25(39)27(20)45)60-29-16(9-19(37)26(44)30(29)57-2)35(17)23-18(36)8-15(24(38)22(23)33(47)61-35)32(46)41-7-3-4-13-11-43(34(48)42-31(13)40)21-6-5-14(59-21)12-58-65(52,53)63-66(54,55)62-64(49,50)51;/h8-11,14,21,44-45H,5-7,12H2,1-2H3,(H,41,46)(H,52,53)(H,54,55)(H2,40,42,48)(H2,49,50,51);1H2/t14-,21+,35?;/m0./s1. The highest BCUT2D eigenvalue weighted by Gasteiger charge is 2.58. The molecule has 0 aliphatic carbocycles. The van der Waals surface area contributed by atoms with Crippen LogP contribution in [0.4, 0.5) is 5.82 Å². The van der Waals surface area contributed by atoms with Gasteiger partial charge in [-0.2, -0.15) is 13.6 Å². The number of carbonyl (C=O) groups excluding carboxylic acids is 2. The maximum atomic E-state index is 14.0. The largest absolute Gasteiger partial charge is 0.503 e. The summed E-state index contributed by atoms with van der Waals surface area (Å²) in [5, 5.41) is 22.8. The zero-order valence-electron chi connectivity index (χ0n) is 33.5. The van der Waals surface area contributed by atoms with Crippen LogP contribution in [0.5, 0.6) is 34.5 Å². The molecule has 7 rings (SSSR count). The number of nitrogen functional groups attached to an aromatic ring is 1. The van der Waals surface area contributed by atoms with Gasteiger partial charge in [0.1, 0.15) is 17.1 Å². The predicted octanol–water partition coefficient (Wildman–Crippen LogP) is 4.41. The summed E-state index contributed by atoms with van der Waals surface area (Å²) in [5.74, 6) is 0.977. The Hall–Kier alpha value is -4.67. The van der Waals surface area contributed by atoms with Crippen LogP contribution in [0.2, 0.25) is 20.1 Å². The summed E-state index contributed by atoms with van der Waals surface area (Å²) >= 11 is 26.7. The maximum Gasteiger partial charge on any atom is 0.490 e. The number of nitrogens with two attached hydrogens (primary N) is 1. The van der Waals surface area contributed by atoms with E-state index >= 15 is 0 Å². The summed E-state index contributed by atoms with van der Waals surface area (Å²) in [7, 11) is -14.4. The lowest BCUT2D eigenvalue weighted by atomic mass is 9.77. The van der Waals surface area contributed by atoms with E-state index in [1.807, 2.05) is 0 Å². The van der Waals surface area contributed by atoms with Gasteiger partial charge < -0.3 is 70.0 Å².